The van der Waals surface area contributed by atoms with Gasteiger partial charge < -0.3 is 14.2 Å². The minimum absolute atomic E-state index is 0.219. The number of nitrogens with zero attached hydrogens (tertiary/aromatic N) is 1. The number of esters is 1. The first-order valence-electron chi connectivity index (χ1n) is 9.38. The van der Waals surface area contributed by atoms with E-state index < -0.39 is 5.97 Å². The summed E-state index contributed by atoms with van der Waals surface area (Å²) in [7, 11) is 1.47. The monoisotopic (exact) mass is 505 g/mol. The zero-order valence-electron chi connectivity index (χ0n) is 16.9. The summed E-state index contributed by atoms with van der Waals surface area (Å²) in [4.78, 5) is 38.2. The molecule has 1 aliphatic heterocycles. The largest absolute Gasteiger partial charge is 0.493 e. The van der Waals surface area contributed by atoms with Crippen LogP contribution in [0.15, 0.2) is 51.8 Å². The van der Waals surface area contributed by atoms with Crippen molar-refractivity contribution in [1.82, 2.24) is 4.90 Å². The molecule has 31 heavy (non-hydrogen) atoms. The lowest BCUT2D eigenvalue weighted by Gasteiger charge is -2.13. The van der Waals surface area contributed by atoms with Gasteiger partial charge in [0.25, 0.3) is 11.1 Å². The van der Waals surface area contributed by atoms with Crippen LogP contribution in [0.3, 0.4) is 0 Å². The van der Waals surface area contributed by atoms with Gasteiger partial charge in [0.05, 0.1) is 29.6 Å². The van der Waals surface area contributed by atoms with Crippen molar-refractivity contribution in [2.75, 3.05) is 20.3 Å². The summed E-state index contributed by atoms with van der Waals surface area (Å²) in [5.41, 5.74) is 1.51. The number of hydrogen-bond acceptors (Lipinski definition) is 7. The molecule has 2 aromatic carbocycles. The molecule has 0 unspecified atom stereocenters. The quantitative estimate of drug-likeness (QED) is 0.381. The summed E-state index contributed by atoms with van der Waals surface area (Å²) >= 11 is 4.29. The maximum atomic E-state index is 12.8. The van der Waals surface area contributed by atoms with E-state index in [2.05, 4.69) is 15.9 Å². The van der Waals surface area contributed by atoms with E-state index in [1.54, 1.807) is 25.1 Å². The highest BCUT2D eigenvalue weighted by molar-refractivity contribution is 9.10. The molecular formula is C22H20BrNO6S. The number of rotatable bonds is 8. The van der Waals surface area contributed by atoms with Gasteiger partial charge in [0.1, 0.15) is 0 Å². The van der Waals surface area contributed by atoms with Crippen molar-refractivity contribution < 1.29 is 28.6 Å². The minimum Gasteiger partial charge on any atom is -0.493 e. The summed E-state index contributed by atoms with van der Waals surface area (Å²) in [5, 5.41) is -0.319. The molecule has 1 aliphatic rings. The molecule has 0 N–H and O–H groups in total. The van der Waals surface area contributed by atoms with Crippen molar-refractivity contribution >= 4 is 50.9 Å². The number of benzene rings is 2. The second-order valence-corrected chi connectivity index (χ2v) is 8.23. The topological polar surface area (TPSA) is 82.1 Å². The zero-order valence-corrected chi connectivity index (χ0v) is 19.3. The molecule has 0 aliphatic carbocycles. The van der Waals surface area contributed by atoms with Gasteiger partial charge in [-0.15, -0.1) is 0 Å². The Hall–Kier alpha value is -2.78. The molecule has 1 fully saturated rings. The fourth-order valence-electron chi connectivity index (χ4n) is 2.85. The molecule has 2 amide bonds. The molecule has 0 radical (unpaired) electrons. The van der Waals surface area contributed by atoms with Crippen LogP contribution in [0.25, 0.3) is 6.08 Å². The smallest absolute Gasteiger partial charge is 0.344 e. The normalized spacial score (nSPS) is 14.8. The third-order valence-electron chi connectivity index (χ3n) is 4.25. The Morgan fingerprint density at radius 3 is 2.61 bits per heavy atom. The number of halogens is 1. The molecule has 3 rings (SSSR count). The first-order chi connectivity index (χ1) is 14.9. The van der Waals surface area contributed by atoms with E-state index in [9.17, 15) is 14.4 Å². The average Bonchev–Trinajstić information content (AvgIpc) is 3.01. The lowest BCUT2D eigenvalue weighted by atomic mass is 10.1. The van der Waals surface area contributed by atoms with Crippen LogP contribution in [0, 0.1) is 0 Å². The zero-order chi connectivity index (χ0) is 22.4. The number of hydrogen-bond donors (Lipinski definition) is 0. The number of carbonyl (C=O) groups excluding carboxylic acids is 3. The van der Waals surface area contributed by atoms with Crippen molar-refractivity contribution in [2.45, 2.75) is 13.5 Å². The highest BCUT2D eigenvalue weighted by atomic mass is 79.9. The Morgan fingerprint density at radius 2 is 1.94 bits per heavy atom. The average molecular weight is 506 g/mol. The van der Waals surface area contributed by atoms with Crippen LogP contribution < -0.4 is 9.47 Å². The van der Waals surface area contributed by atoms with Crippen molar-refractivity contribution in [1.29, 1.82) is 0 Å². The Balaban J connectivity index is 1.79. The summed E-state index contributed by atoms with van der Waals surface area (Å²) < 4.78 is 16.3. The second-order valence-electron chi connectivity index (χ2n) is 6.38. The highest BCUT2D eigenvalue weighted by Gasteiger charge is 2.35. The number of imide groups is 1. The van der Waals surface area contributed by atoms with Gasteiger partial charge in [0, 0.05) is 0 Å². The van der Waals surface area contributed by atoms with Gasteiger partial charge in [0.15, 0.2) is 18.1 Å². The van der Waals surface area contributed by atoms with Crippen molar-refractivity contribution in [3.63, 3.8) is 0 Å². The van der Waals surface area contributed by atoms with Gasteiger partial charge in [-0.2, -0.15) is 0 Å². The molecular weight excluding hydrogens is 486 g/mol. The first-order valence-corrected chi connectivity index (χ1v) is 11.0. The van der Waals surface area contributed by atoms with Crippen molar-refractivity contribution in [3.05, 3.63) is 63.0 Å². The number of carbonyl (C=O) groups is 3. The molecule has 9 heteroatoms. The van der Waals surface area contributed by atoms with Crippen LogP contribution in [0.4, 0.5) is 4.79 Å². The lowest BCUT2D eigenvalue weighted by molar-refractivity contribution is -0.145. The Bertz CT molecular complexity index is 1020. The van der Waals surface area contributed by atoms with Crippen LogP contribution in [0.2, 0.25) is 0 Å². The van der Waals surface area contributed by atoms with Gasteiger partial charge in [-0.3, -0.25) is 14.5 Å². The van der Waals surface area contributed by atoms with E-state index in [0.717, 1.165) is 17.3 Å². The van der Waals surface area contributed by atoms with Gasteiger partial charge in [0.2, 0.25) is 0 Å². The van der Waals surface area contributed by atoms with Crippen LogP contribution >= 0.6 is 27.7 Å². The summed E-state index contributed by atoms with van der Waals surface area (Å²) in [6.07, 6.45) is 1.62. The summed E-state index contributed by atoms with van der Waals surface area (Å²) in [6.45, 7) is 1.93. The molecule has 0 aromatic heterocycles. The third-order valence-corrected chi connectivity index (χ3v) is 5.74. The SMILES string of the molecule is CCOC(=O)COc1c(Br)cc(/C=C2\SC(=O)N(Cc3ccccc3)C2=O)cc1OC. The summed E-state index contributed by atoms with van der Waals surface area (Å²) in [5.74, 6) is -0.137. The molecule has 1 saturated heterocycles. The van der Waals surface area contributed by atoms with Gasteiger partial charge in [-0.05, 0) is 64.0 Å². The van der Waals surface area contributed by atoms with Crippen LogP contribution in [0.1, 0.15) is 18.1 Å². The van der Waals surface area contributed by atoms with E-state index in [0.29, 0.717) is 26.4 Å². The first kappa shape index (κ1) is 22.9. The molecule has 0 bridgehead atoms. The predicted molar refractivity (Wildman–Crippen MR) is 121 cm³/mol. The number of ether oxygens (including phenoxy) is 3. The molecule has 0 atom stereocenters. The van der Waals surface area contributed by atoms with E-state index in [-0.39, 0.29) is 30.9 Å². The van der Waals surface area contributed by atoms with Crippen molar-refractivity contribution in [2.24, 2.45) is 0 Å². The van der Waals surface area contributed by atoms with Crippen LogP contribution in [-0.2, 0) is 20.9 Å². The van der Waals surface area contributed by atoms with Gasteiger partial charge in [-0.1, -0.05) is 30.3 Å². The fraction of sp³-hybridized carbons (Fsp3) is 0.227. The number of thioether (sulfide) groups is 1. The molecule has 2 aromatic rings. The lowest BCUT2D eigenvalue weighted by Crippen LogP contribution is -2.27. The van der Waals surface area contributed by atoms with E-state index in [1.165, 1.54) is 12.0 Å². The standard InChI is InChI=1S/C22H20BrNO6S/c1-3-29-19(25)13-30-20-16(23)9-15(10-17(20)28-2)11-18-21(26)24(22(27)31-18)12-14-7-5-4-6-8-14/h4-11H,3,12-13H2,1-2H3/b18-11-. The molecule has 0 saturated carbocycles. The maximum Gasteiger partial charge on any atom is 0.344 e. The van der Waals surface area contributed by atoms with E-state index >= 15 is 0 Å². The summed E-state index contributed by atoms with van der Waals surface area (Å²) in [6, 6.07) is 12.7. The predicted octanol–water partition coefficient (Wildman–Crippen LogP) is 4.64. The third kappa shape index (κ3) is 5.68. The highest BCUT2D eigenvalue weighted by Crippen LogP contribution is 2.39. The van der Waals surface area contributed by atoms with Gasteiger partial charge in [-0.25, -0.2) is 4.79 Å². The second kappa shape index (κ2) is 10.5. The van der Waals surface area contributed by atoms with E-state index in [4.69, 9.17) is 14.2 Å². The van der Waals surface area contributed by atoms with Crippen molar-refractivity contribution in [3.8, 4) is 11.5 Å². The molecule has 7 nitrogen and oxygen atoms in total. The Labute approximate surface area is 192 Å². The molecule has 1 heterocycles. The van der Waals surface area contributed by atoms with Crippen LogP contribution in [-0.4, -0.2) is 42.3 Å². The number of methoxy groups -OCH3 is 1. The minimum atomic E-state index is -0.493. The number of amides is 2. The maximum absolute atomic E-state index is 12.8. The Morgan fingerprint density at radius 1 is 1.19 bits per heavy atom. The van der Waals surface area contributed by atoms with E-state index in [1.807, 2.05) is 30.3 Å². The Kier molecular flexibility index (Phi) is 7.75. The van der Waals surface area contributed by atoms with Crippen LogP contribution in [0.5, 0.6) is 11.5 Å². The van der Waals surface area contributed by atoms with Gasteiger partial charge >= 0.3 is 5.97 Å². The fourth-order valence-corrected chi connectivity index (χ4v) is 4.26. The molecule has 162 valence electrons. The molecule has 0 spiro atoms.